The molecule has 0 aliphatic carbocycles. The van der Waals surface area contributed by atoms with Gasteiger partial charge in [0.25, 0.3) is 5.91 Å². The van der Waals surface area contributed by atoms with Crippen molar-refractivity contribution in [2.75, 3.05) is 19.7 Å². The van der Waals surface area contributed by atoms with Gasteiger partial charge in [-0.15, -0.1) is 0 Å². The zero-order valence-corrected chi connectivity index (χ0v) is 19.3. The minimum absolute atomic E-state index is 0.0194. The number of hydrogen-bond donors (Lipinski definition) is 0. The van der Waals surface area contributed by atoms with E-state index < -0.39 is 5.60 Å². The van der Waals surface area contributed by atoms with Crippen molar-refractivity contribution in [3.8, 4) is 11.5 Å². The third-order valence-corrected chi connectivity index (χ3v) is 7.17. The van der Waals surface area contributed by atoms with Gasteiger partial charge in [-0.2, -0.15) is 0 Å². The predicted molar refractivity (Wildman–Crippen MR) is 120 cm³/mol. The lowest BCUT2D eigenvalue weighted by atomic mass is 9.81. The van der Waals surface area contributed by atoms with Crippen LogP contribution in [-0.4, -0.2) is 41.9 Å². The van der Waals surface area contributed by atoms with Gasteiger partial charge in [0.05, 0.1) is 12.0 Å². The molecular formula is C25H28ClNO4. The molecule has 0 aromatic heterocycles. The Kier molecular flexibility index (Phi) is 5.73. The van der Waals surface area contributed by atoms with Crippen molar-refractivity contribution in [2.45, 2.75) is 52.6 Å². The summed E-state index contributed by atoms with van der Waals surface area (Å²) in [4.78, 5) is 27.3. The monoisotopic (exact) mass is 441 g/mol. The number of Topliss-reactive ketones (excluding diaryl/α,β-unsaturated/α-hetero) is 1. The predicted octanol–water partition coefficient (Wildman–Crippen LogP) is 4.98. The molecule has 5 nitrogen and oxygen atoms in total. The van der Waals surface area contributed by atoms with Crippen LogP contribution in [0.4, 0.5) is 0 Å². The summed E-state index contributed by atoms with van der Waals surface area (Å²) in [7, 11) is 0. The van der Waals surface area contributed by atoms with Gasteiger partial charge in [-0.1, -0.05) is 17.7 Å². The minimum atomic E-state index is -0.523. The van der Waals surface area contributed by atoms with Gasteiger partial charge in [0, 0.05) is 31.0 Å². The zero-order valence-electron chi connectivity index (χ0n) is 18.5. The first-order chi connectivity index (χ1) is 14.7. The lowest BCUT2D eigenvalue weighted by Gasteiger charge is -2.44. The lowest BCUT2D eigenvalue weighted by molar-refractivity contribution is -0.136. The van der Waals surface area contributed by atoms with Crippen LogP contribution in [-0.2, 0) is 4.79 Å². The number of amides is 1. The number of carbonyl (C=O) groups excluding carboxylic acids is 2. The number of likely N-dealkylation sites (tertiary alicyclic amines) is 1. The number of rotatable bonds is 3. The average molecular weight is 442 g/mol. The molecule has 0 atom stereocenters. The molecule has 6 heteroatoms. The van der Waals surface area contributed by atoms with Gasteiger partial charge in [0.2, 0.25) is 0 Å². The van der Waals surface area contributed by atoms with E-state index in [0.717, 1.165) is 22.3 Å². The molecule has 2 heterocycles. The zero-order chi connectivity index (χ0) is 22.3. The Morgan fingerprint density at radius 1 is 1.10 bits per heavy atom. The number of benzene rings is 2. The molecule has 2 aliphatic heterocycles. The molecule has 0 N–H and O–H groups in total. The van der Waals surface area contributed by atoms with Crippen molar-refractivity contribution in [3.05, 3.63) is 57.1 Å². The van der Waals surface area contributed by atoms with E-state index >= 15 is 0 Å². The van der Waals surface area contributed by atoms with Crippen molar-refractivity contribution < 1.29 is 19.1 Å². The Labute approximate surface area is 188 Å². The van der Waals surface area contributed by atoms with Crippen molar-refractivity contribution >= 4 is 23.3 Å². The maximum absolute atomic E-state index is 12.8. The van der Waals surface area contributed by atoms with Crippen molar-refractivity contribution in [1.82, 2.24) is 4.90 Å². The highest BCUT2D eigenvalue weighted by molar-refractivity contribution is 6.32. The van der Waals surface area contributed by atoms with Crippen LogP contribution in [0.3, 0.4) is 0 Å². The number of piperidine rings is 1. The lowest BCUT2D eigenvalue weighted by Crippen LogP contribution is -2.53. The summed E-state index contributed by atoms with van der Waals surface area (Å²) >= 11 is 6.20. The summed E-state index contributed by atoms with van der Waals surface area (Å²) in [6.45, 7) is 8.94. The molecule has 0 bridgehead atoms. The first-order valence-corrected chi connectivity index (χ1v) is 11.1. The molecule has 0 unspecified atom stereocenters. The number of fused-ring (bicyclic) bond motifs is 1. The van der Waals surface area contributed by atoms with Gasteiger partial charge < -0.3 is 14.4 Å². The Bertz CT molecular complexity index is 1030. The summed E-state index contributed by atoms with van der Waals surface area (Å²) in [5.41, 5.74) is 4.13. The van der Waals surface area contributed by atoms with Crippen LogP contribution in [0, 0.1) is 27.7 Å². The summed E-state index contributed by atoms with van der Waals surface area (Å²) in [5, 5.41) is 0.717. The average Bonchev–Trinajstić information content (AvgIpc) is 2.73. The van der Waals surface area contributed by atoms with E-state index in [1.165, 1.54) is 0 Å². The second-order valence-corrected chi connectivity index (χ2v) is 9.19. The number of carbonyl (C=O) groups is 2. The fraction of sp³-hybridized carbons (Fsp3) is 0.440. The number of halogens is 1. The maximum atomic E-state index is 12.8. The molecule has 4 rings (SSSR count). The second-order valence-electron chi connectivity index (χ2n) is 8.81. The molecule has 2 aromatic rings. The number of ether oxygens (including phenoxy) is 2. The standard InChI is InChI=1S/C25H28ClNO4/c1-15-5-6-20-21(28)13-25(31-24(20)18(15)4)7-9-27(10-8-25)22(29)14-30-19-11-16(2)23(26)17(3)12-19/h5-6,11-12H,7-10,13-14H2,1-4H3. The van der Waals surface area contributed by atoms with Gasteiger partial charge in [0.1, 0.15) is 17.1 Å². The number of aryl methyl sites for hydroxylation is 3. The molecule has 2 aliphatic rings. The van der Waals surface area contributed by atoms with E-state index in [1.807, 2.05) is 52.0 Å². The summed E-state index contributed by atoms with van der Waals surface area (Å²) in [6.07, 6.45) is 1.64. The SMILES string of the molecule is Cc1ccc2c(c1C)OC1(CCN(C(=O)COc3cc(C)c(Cl)c(C)c3)CC1)CC2=O. The smallest absolute Gasteiger partial charge is 0.260 e. The Morgan fingerprint density at radius 2 is 1.74 bits per heavy atom. The minimum Gasteiger partial charge on any atom is -0.486 e. The van der Waals surface area contributed by atoms with Crippen molar-refractivity contribution in [3.63, 3.8) is 0 Å². The fourth-order valence-electron chi connectivity index (χ4n) is 4.45. The molecule has 1 saturated heterocycles. The van der Waals surface area contributed by atoms with Gasteiger partial charge in [-0.05, 0) is 68.1 Å². The second kappa shape index (κ2) is 8.19. The van der Waals surface area contributed by atoms with Crippen LogP contribution in [0.1, 0.15) is 51.9 Å². The molecule has 1 fully saturated rings. The molecule has 2 aromatic carbocycles. The Balaban J connectivity index is 1.39. The molecular weight excluding hydrogens is 414 g/mol. The summed E-state index contributed by atoms with van der Waals surface area (Å²) < 4.78 is 12.2. The molecule has 0 saturated carbocycles. The van der Waals surface area contributed by atoms with E-state index in [0.29, 0.717) is 54.4 Å². The highest BCUT2D eigenvalue weighted by Gasteiger charge is 2.44. The molecule has 164 valence electrons. The van der Waals surface area contributed by atoms with Crippen LogP contribution in [0.5, 0.6) is 11.5 Å². The van der Waals surface area contributed by atoms with E-state index in [2.05, 4.69) is 0 Å². The summed E-state index contributed by atoms with van der Waals surface area (Å²) in [6, 6.07) is 7.52. The Hall–Kier alpha value is -2.53. The van der Waals surface area contributed by atoms with Crippen LogP contribution in [0.2, 0.25) is 5.02 Å². The van der Waals surface area contributed by atoms with Gasteiger partial charge in [-0.3, -0.25) is 9.59 Å². The number of nitrogens with zero attached hydrogens (tertiary/aromatic N) is 1. The van der Waals surface area contributed by atoms with E-state index in [9.17, 15) is 9.59 Å². The van der Waals surface area contributed by atoms with Gasteiger partial charge in [-0.25, -0.2) is 0 Å². The van der Waals surface area contributed by atoms with Crippen LogP contribution < -0.4 is 9.47 Å². The van der Waals surface area contributed by atoms with E-state index in [-0.39, 0.29) is 18.3 Å². The number of ketones is 1. The van der Waals surface area contributed by atoms with Crippen LogP contribution >= 0.6 is 11.6 Å². The quantitative estimate of drug-likeness (QED) is 0.674. The highest BCUT2D eigenvalue weighted by atomic mass is 35.5. The topological polar surface area (TPSA) is 55.8 Å². The normalized spacial score (nSPS) is 17.3. The molecule has 1 spiro atoms. The molecule has 1 amide bonds. The maximum Gasteiger partial charge on any atom is 0.260 e. The summed E-state index contributed by atoms with van der Waals surface area (Å²) in [5.74, 6) is 1.42. The van der Waals surface area contributed by atoms with Crippen LogP contribution in [0.25, 0.3) is 0 Å². The van der Waals surface area contributed by atoms with Crippen LogP contribution in [0.15, 0.2) is 24.3 Å². The van der Waals surface area contributed by atoms with E-state index in [1.54, 1.807) is 4.90 Å². The third-order valence-electron chi connectivity index (χ3n) is 6.58. The fourth-order valence-corrected chi connectivity index (χ4v) is 4.56. The molecule has 0 radical (unpaired) electrons. The van der Waals surface area contributed by atoms with E-state index in [4.69, 9.17) is 21.1 Å². The highest BCUT2D eigenvalue weighted by Crippen LogP contribution is 2.41. The molecule has 31 heavy (non-hydrogen) atoms. The van der Waals surface area contributed by atoms with Gasteiger partial charge in [0.15, 0.2) is 12.4 Å². The first-order valence-electron chi connectivity index (χ1n) is 10.7. The third kappa shape index (κ3) is 4.16. The largest absolute Gasteiger partial charge is 0.486 e. The van der Waals surface area contributed by atoms with Gasteiger partial charge >= 0.3 is 0 Å². The first kappa shape index (κ1) is 21.7. The Morgan fingerprint density at radius 3 is 2.39 bits per heavy atom. The van der Waals surface area contributed by atoms with Crippen molar-refractivity contribution in [2.24, 2.45) is 0 Å². The number of hydrogen-bond acceptors (Lipinski definition) is 4. The van der Waals surface area contributed by atoms with Crippen molar-refractivity contribution in [1.29, 1.82) is 0 Å².